The molecule has 0 radical (unpaired) electrons. The van der Waals surface area contributed by atoms with Gasteiger partial charge < -0.3 is 10.6 Å². The van der Waals surface area contributed by atoms with Crippen LogP contribution in [0.5, 0.6) is 0 Å². The maximum atomic E-state index is 12.6. The van der Waals surface area contributed by atoms with Crippen LogP contribution in [0, 0.1) is 5.92 Å². The Morgan fingerprint density at radius 2 is 1.85 bits per heavy atom. The standard InChI is InChI=1S/C17H26N2O/c18-12-7-13-19(16-10-5-2-6-11-16)17(20)14-15-8-3-1-4-9-15/h2,5-6,10-11,15H,1,3-4,7-9,12-14,18H2. The summed E-state index contributed by atoms with van der Waals surface area (Å²) in [6, 6.07) is 9.97. The van der Waals surface area contributed by atoms with Crippen LogP contribution in [-0.4, -0.2) is 19.0 Å². The van der Waals surface area contributed by atoms with E-state index in [1.54, 1.807) is 0 Å². The van der Waals surface area contributed by atoms with E-state index in [1.807, 2.05) is 35.2 Å². The van der Waals surface area contributed by atoms with Crippen LogP contribution in [0.4, 0.5) is 5.69 Å². The summed E-state index contributed by atoms with van der Waals surface area (Å²) >= 11 is 0. The van der Waals surface area contributed by atoms with Crippen molar-refractivity contribution in [3.8, 4) is 0 Å². The van der Waals surface area contributed by atoms with Crippen molar-refractivity contribution in [2.24, 2.45) is 11.7 Å². The number of nitrogens with two attached hydrogens (primary N) is 1. The normalized spacial score (nSPS) is 16.1. The molecule has 1 aliphatic rings. The largest absolute Gasteiger partial charge is 0.330 e. The van der Waals surface area contributed by atoms with Gasteiger partial charge in [-0.05, 0) is 43.9 Å². The first kappa shape index (κ1) is 15.0. The lowest BCUT2D eigenvalue weighted by atomic mass is 9.86. The van der Waals surface area contributed by atoms with Gasteiger partial charge in [0.05, 0.1) is 0 Å². The average Bonchev–Trinajstić information content (AvgIpc) is 2.50. The van der Waals surface area contributed by atoms with Gasteiger partial charge in [0.2, 0.25) is 5.91 Å². The lowest BCUT2D eigenvalue weighted by Gasteiger charge is -2.27. The predicted molar refractivity (Wildman–Crippen MR) is 83.7 cm³/mol. The summed E-state index contributed by atoms with van der Waals surface area (Å²) in [6.45, 7) is 1.35. The Labute approximate surface area is 122 Å². The first-order chi connectivity index (χ1) is 9.81. The summed E-state index contributed by atoms with van der Waals surface area (Å²) in [5, 5.41) is 0. The fourth-order valence-electron chi connectivity index (χ4n) is 3.00. The molecule has 0 bridgehead atoms. The van der Waals surface area contributed by atoms with Crippen molar-refractivity contribution >= 4 is 11.6 Å². The maximum absolute atomic E-state index is 12.6. The fraction of sp³-hybridized carbons (Fsp3) is 0.588. The third-order valence-electron chi connectivity index (χ3n) is 4.14. The van der Waals surface area contributed by atoms with E-state index in [0.29, 0.717) is 18.9 Å². The zero-order valence-corrected chi connectivity index (χ0v) is 12.3. The Bertz CT molecular complexity index is 399. The minimum atomic E-state index is 0.261. The second-order valence-corrected chi connectivity index (χ2v) is 5.73. The van der Waals surface area contributed by atoms with Crippen LogP contribution in [0.2, 0.25) is 0 Å². The molecule has 3 nitrogen and oxygen atoms in total. The van der Waals surface area contributed by atoms with Crippen LogP contribution in [-0.2, 0) is 4.79 Å². The highest BCUT2D eigenvalue weighted by Gasteiger charge is 2.21. The Hall–Kier alpha value is -1.35. The quantitative estimate of drug-likeness (QED) is 0.864. The highest BCUT2D eigenvalue weighted by Crippen LogP contribution is 2.27. The predicted octanol–water partition coefficient (Wildman–Crippen LogP) is 3.34. The molecule has 0 saturated heterocycles. The van der Waals surface area contributed by atoms with Crippen LogP contribution >= 0.6 is 0 Å². The zero-order chi connectivity index (χ0) is 14.2. The minimum absolute atomic E-state index is 0.261. The summed E-state index contributed by atoms with van der Waals surface area (Å²) in [5.74, 6) is 0.844. The van der Waals surface area contributed by atoms with Crippen molar-refractivity contribution in [1.29, 1.82) is 0 Å². The van der Waals surface area contributed by atoms with E-state index < -0.39 is 0 Å². The Morgan fingerprint density at radius 3 is 2.50 bits per heavy atom. The van der Waals surface area contributed by atoms with Crippen molar-refractivity contribution in [2.75, 3.05) is 18.0 Å². The number of nitrogens with zero attached hydrogens (tertiary/aromatic N) is 1. The number of benzene rings is 1. The number of anilines is 1. The van der Waals surface area contributed by atoms with Gasteiger partial charge in [-0.3, -0.25) is 4.79 Å². The van der Waals surface area contributed by atoms with E-state index in [4.69, 9.17) is 5.73 Å². The number of carbonyl (C=O) groups is 1. The summed E-state index contributed by atoms with van der Waals surface area (Å²) in [7, 11) is 0. The first-order valence-corrected chi connectivity index (χ1v) is 7.86. The van der Waals surface area contributed by atoms with E-state index in [-0.39, 0.29) is 5.91 Å². The van der Waals surface area contributed by atoms with Crippen molar-refractivity contribution in [2.45, 2.75) is 44.9 Å². The number of hydrogen-bond donors (Lipinski definition) is 1. The van der Waals surface area contributed by atoms with E-state index in [9.17, 15) is 4.79 Å². The molecule has 20 heavy (non-hydrogen) atoms. The number of amides is 1. The lowest BCUT2D eigenvalue weighted by Crippen LogP contribution is -2.34. The topological polar surface area (TPSA) is 46.3 Å². The van der Waals surface area contributed by atoms with Gasteiger partial charge in [-0.25, -0.2) is 0 Å². The molecule has 0 atom stereocenters. The zero-order valence-electron chi connectivity index (χ0n) is 12.3. The maximum Gasteiger partial charge on any atom is 0.227 e. The van der Waals surface area contributed by atoms with Crippen molar-refractivity contribution in [1.82, 2.24) is 0 Å². The number of hydrogen-bond acceptors (Lipinski definition) is 2. The third kappa shape index (κ3) is 4.34. The molecule has 2 rings (SSSR count). The minimum Gasteiger partial charge on any atom is -0.330 e. The monoisotopic (exact) mass is 274 g/mol. The lowest BCUT2D eigenvalue weighted by molar-refractivity contribution is -0.119. The molecule has 0 aromatic heterocycles. The van der Waals surface area contributed by atoms with Crippen molar-refractivity contribution < 1.29 is 4.79 Å². The van der Waals surface area contributed by atoms with Gasteiger partial charge in [0.25, 0.3) is 0 Å². The molecule has 110 valence electrons. The molecule has 0 heterocycles. The second-order valence-electron chi connectivity index (χ2n) is 5.73. The number of carbonyl (C=O) groups excluding carboxylic acids is 1. The molecule has 1 aromatic carbocycles. The molecule has 0 spiro atoms. The van der Waals surface area contributed by atoms with Gasteiger partial charge in [0, 0.05) is 18.7 Å². The number of rotatable bonds is 6. The summed E-state index contributed by atoms with van der Waals surface area (Å²) in [4.78, 5) is 14.5. The van der Waals surface area contributed by atoms with Gasteiger partial charge in [0.15, 0.2) is 0 Å². The molecule has 0 aliphatic heterocycles. The molecule has 3 heteroatoms. The van der Waals surface area contributed by atoms with E-state index in [1.165, 1.54) is 32.1 Å². The Kier molecular flexibility index (Phi) is 6.06. The third-order valence-corrected chi connectivity index (χ3v) is 4.14. The van der Waals surface area contributed by atoms with E-state index in [0.717, 1.165) is 18.7 Å². The van der Waals surface area contributed by atoms with Crippen molar-refractivity contribution in [3.05, 3.63) is 30.3 Å². The summed E-state index contributed by atoms with van der Waals surface area (Å²) in [6.07, 6.45) is 7.87. The van der Waals surface area contributed by atoms with Gasteiger partial charge in [-0.1, -0.05) is 37.5 Å². The fourth-order valence-corrected chi connectivity index (χ4v) is 3.00. The first-order valence-electron chi connectivity index (χ1n) is 7.86. The van der Waals surface area contributed by atoms with Gasteiger partial charge in [-0.2, -0.15) is 0 Å². The van der Waals surface area contributed by atoms with Gasteiger partial charge >= 0.3 is 0 Å². The molecular weight excluding hydrogens is 248 g/mol. The average molecular weight is 274 g/mol. The molecule has 1 fully saturated rings. The van der Waals surface area contributed by atoms with Gasteiger partial charge in [-0.15, -0.1) is 0 Å². The van der Waals surface area contributed by atoms with Gasteiger partial charge in [0.1, 0.15) is 0 Å². The molecule has 2 N–H and O–H groups in total. The van der Waals surface area contributed by atoms with Crippen LogP contribution in [0.25, 0.3) is 0 Å². The summed E-state index contributed by atoms with van der Waals surface area (Å²) in [5.41, 5.74) is 6.60. The highest BCUT2D eigenvalue weighted by molar-refractivity contribution is 5.93. The SMILES string of the molecule is NCCCN(C(=O)CC1CCCCC1)c1ccccc1. The Morgan fingerprint density at radius 1 is 1.15 bits per heavy atom. The van der Waals surface area contributed by atoms with E-state index in [2.05, 4.69) is 0 Å². The molecule has 1 aromatic rings. The van der Waals surface area contributed by atoms with Crippen molar-refractivity contribution in [3.63, 3.8) is 0 Å². The number of para-hydroxylation sites is 1. The van der Waals surface area contributed by atoms with Crippen LogP contribution in [0.15, 0.2) is 30.3 Å². The van der Waals surface area contributed by atoms with Crippen LogP contribution < -0.4 is 10.6 Å². The highest BCUT2D eigenvalue weighted by atomic mass is 16.2. The Balaban J connectivity index is 1.99. The van der Waals surface area contributed by atoms with E-state index >= 15 is 0 Å². The molecule has 0 unspecified atom stereocenters. The smallest absolute Gasteiger partial charge is 0.227 e. The second kappa shape index (κ2) is 8.05. The van der Waals surface area contributed by atoms with Crippen LogP contribution in [0.1, 0.15) is 44.9 Å². The van der Waals surface area contributed by atoms with Crippen LogP contribution in [0.3, 0.4) is 0 Å². The summed E-state index contributed by atoms with van der Waals surface area (Å²) < 4.78 is 0. The molecule has 1 aliphatic carbocycles. The molecular formula is C17H26N2O. The molecule has 1 saturated carbocycles. The molecule has 1 amide bonds.